The summed E-state index contributed by atoms with van der Waals surface area (Å²) < 4.78 is 5.22. The van der Waals surface area contributed by atoms with Gasteiger partial charge in [-0.15, -0.1) is 24.0 Å². The lowest BCUT2D eigenvalue weighted by molar-refractivity contribution is -0.130. The van der Waals surface area contributed by atoms with Crippen molar-refractivity contribution in [3.63, 3.8) is 0 Å². The van der Waals surface area contributed by atoms with E-state index in [1.807, 2.05) is 6.92 Å². The van der Waals surface area contributed by atoms with Crippen LogP contribution in [0.1, 0.15) is 25.3 Å². The number of nitrogens with zero attached hydrogens (tertiary/aromatic N) is 3. The largest absolute Gasteiger partial charge is 0.508 e. The van der Waals surface area contributed by atoms with Gasteiger partial charge in [-0.2, -0.15) is 0 Å². The van der Waals surface area contributed by atoms with Gasteiger partial charge in [0.15, 0.2) is 5.96 Å². The van der Waals surface area contributed by atoms with Crippen molar-refractivity contribution in [2.24, 2.45) is 4.99 Å². The van der Waals surface area contributed by atoms with Gasteiger partial charge < -0.3 is 25.4 Å². The van der Waals surface area contributed by atoms with Crippen LogP contribution in [-0.2, 0) is 11.3 Å². The van der Waals surface area contributed by atoms with Gasteiger partial charge in [0.1, 0.15) is 11.5 Å². The van der Waals surface area contributed by atoms with Crippen LogP contribution in [0.4, 0.5) is 0 Å². The Hall–Kier alpha value is -1.75. The maximum Gasteiger partial charge on any atom is 0.236 e. The molecule has 1 aromatic carbocycles. The molecular weight excluding hydrogens is 485 g/mol. The van der Waals surface area contributed by atoms with Crippen LogP contribution in [-0.4, -0.2) is 80.2 Å². The minimum atomic E-state index is 0. The van der Waals surface area contributed by atoms with Crippen molar-refractivity contribution in [1.29, 1.82) is 0 Å². The number of ether oxygens (including phenoxy) is 1. The maximum atomic E-state index is 11.9. The van der Waals surface area contributed by atoms with E-state index < -0.39 is 0 Å². The number of halogens is 1. The number of piperidine rings is 1. The molecule has 1 saturated heterocycles. The molecule has 1 aromatic rings. The smallest absolute Gasteiger partial charge is 0.236 e. The van der Waals surface area contributed by atoms with E-state index in [1.165, 1.54) is 0 Å². The Kier molecular flexibility index (Phi) is 11.1. The predicted octanol–water partition coefficient (Wildman–Crippen LogP) is 1.63. The van der Waals surface area contributed by atoms with E-state index in [1.54, 1.807) is 44.3 Å². The summed E-state index contributed by atoms with van der Waals surface area (Å²) in [7, 11) is 5.18. The van der Waals surface area contributed by atoms with Gasteiger partial charge in [0.25, 0.3) is 0 Å². The molecule has 0 atom stereocenters. The second kappa shape index (κ2) is 12.7. The Morgan fingerprint density at radius 2 is 2.03 bits per heavy atom. The average molecular weight is 519 g/mol. The van der Waals surface area contributed by atoms with E-state index in [-0.39, 0.29) is 35.6 Å². The van der Waals surface area contributed by atoms with E-state index in [4.69, 9.17) is 4.74 Å². The molecule has 2 rings (SSSR count). The van der Waals surface area contributed by atoms with Crippen molar-refractivity contribution in [2.75, 3.05) is 47.4 Å². The number of rotatable bonds is 7. The van der Waals surface area contributed by atoms with E-state index in [0.29, 0.717) is 30.4 Å². The Balaban J connectivity index is 0.00000420. The molecule has 3 N–H and O–H groups in total. The van der Waals surface area contributed by atoms with Gasteiger partial charge >= 0.3 is 0 Å². The average Bonchev–Trinajstić information content (AvgIpc) is 2.68. The number of methoxy groups -OCH3 is 1. The highest BCUT2D eigenvalue weighted by Crippen LogP contribution is 2.23. The summed E-state index contributed by atoms with van der Waals surface area (Å²) in [6, 6.07) is 5.44. The van der Waals surface area contributed by atoms with E-state index in [0.717, 1.165) is 38.4 Å². The number of aliphatic imine (C=N–C) groups is 1. The van der Waals surface area contributed by atoms with E-state index >= 15 is 0 Å². The van der Waals surface area contributed by atoms with E-state index in [9.17, 15) is 9.90 Å². The minimum absolute atomic E-state index is 0. The topological polar surface area (TPSA) is 89.4 Å². The second-order valence-electron chi connectivity index (χ2n) is 7.17. The number of likely N-dealkylation sites (N-methyl/N-ethyl adjacent to an activating group) is 1. The molecule has 1 aliphatic rings. The summed E-state index contributed by atoms with van der Waals surface area (Å²) in [4.78, 5) is 20.3. The first kappa shape index (κ1) is 25.3. The Bertz CT molecular complexity index is 676. The van der Waals surface area contributed by atoms with Crippen molar-refractivity contribution in [3.8, 4) is 11.5 Å². The SMILES string of the molecule is CCNC(=NCc1cc(OC)ccc1O)NC1CCN(CC(=O)N(C)C)CC1.I. The summed E-state index contributed by atoms with van der Waals surface area (Å²) in [5.74, 6) is 1.77. The Morgan fingerprint density at radius 3 is 2.62 bits per heavy atom. The third-order valence-corrected chi connectivity index (χ3v) is 4.82. The summed E-state index contributed by atoms with van der Waals surface area (Å²) in [6.45, 7) is 5.37. The number of amides is 1. The molecule has 1 fully saturated rings. The van der Waals surface area contributed by atoms with Gasteiger partial charge in [0.2, 0.25) is 5.91 Å². The molecule has 0 bridgehead atoms. The number of phenolic OH excluding ortho intramolecular Hbond substituents is 1. The lowest BCUT2D eigenvalue weighted by atomic mass is 10.1. The summed E-state index contributed by atoms with van der Waals surface area (Å²) in [5.41, 5.74) is 0.716. The van der Waals surface area contributed by atoms with Crippen LogP contribution in [0.3, 0.4) is 0 Å². The van der Waals surface area contributed by atoms with Gasteiger partial charge in [-0.3, -0.25) is 9.69 Å². The number of carbonyl (C=O) groups excluding carboxylic acids is 1. The van der Waals surface area contributed by atoms with Crippen LogP contribution in [0.15, 0.2) is 23.2 Å². The fourth-order valence-corrected chi connectivity index (χ4v) is 3.06. The highest BCUT2D eigenvalue weighted by atomic mass is 127. The number of hydrogen-bond acceptors (Lipinski definition) is 5. The molecule has 1 heterocycles. The first-order valence-electron chi connectivity index (χ1n) is 9.76. The van der Waals surface area contributed by atoms with Gasteiger partial charge in [0, 0.05) is 45.3 Å². The molecule has 1 aliphatic heterocycles. The maximum absolute atomic E-state index is 11.9. The van der Waals surface area contributed by atoms with Gasteiger partial charge in [-0.25, -0.2) is 4.99 Å². The normalized spacial score (nSPS) is 15.4. The highest BCUT2D eigenvalue weighted by Gasteiger charge is 2.22. The van der Waals surface area contributed by atoms with Crippen LogP contribution < -0.4 is 15.4 Å². The fourth-order valence-electron chi connectivity index (χ4n) is 3.06. The molecule has 0 saturated carbocycles. The summed E-state index contributed by atoms with van der Waals surface area (Å²) in [5, 5.41) is 16.8. The molecule has 0 aromatic heterocycles. The van der Waals surface area contributed by atoms with Crippen molar-refractivity contribution >= 4 is 35.8 Å². The predicted molar refractivity (Wildman–Crippen MR) is 126 cm³/mol. The van der Waals surface area contributed by atoms with Crippen LogP contribution >= 0.6 is 24.0 Å². The first-order chi connectivity index (χ1) is 13.4. The fraction of sp³-hybridized carbons (Fsp3) is 0.600. The van der Waals surface area contributed by atoms with Crippen LogP contribution in [0.2, 0.25) is 0 Å². The van der Waals surface area contributed by atoms with Crippen molar-refractivity contribution in [3.05, 3.63) is 23.8 Å². The lowest BCUT2D eigenvalue weighted by Gasteiger charge is -2.33. The number of nitrogens with one attached hydrogen (secondary N) is 2. The number of carbonyl (C=O) groups is 1. The number of phenols is 1. The Labute approximate surface area is 190 Å². The van der Waals surface area contributed by atoms with Crippen molar-refractivity contribution in [2.45, 2.75) is 32.4 Å². The molecule has 0 aliphatic carbocycles. The molecule has 0 radical (unpaired) electrons. The van der Waals surface area contributed by atoms with Gasteiger partial charge in [-0.1, -0.05) is 0 Å². The van der Waals surface area contributed by atoms with Crippen LogP contribution in [0, 0.1) is 0 Å². The van der Waals surface area contributed by atoms with E-state index in [2.05, 4.69) is 20.5 Å². The number of aromatic hydroxyl groups is 1. The monoisotopic (exact) mass is 519 g/mol. The van der Waals surface area contributed by atoms with Crippen LogP contribution in [0.5, 0.6) is 11.5 Å². The van der Waals surface area contributed by atoms with Crippen LogP contribution in [0.25, 0.3) is 0 Å². The second-order valence-corrected chi connectivity index (χ2v) is 7.17. The summed E-state index contributed by atoms with van der Waals surface area (Å²) >= 11 is 0. The quantitative estimate of drug-likeness (QED) is 0.289. The van der Waals surface area contributed by atoms with Gasteiger partial charge in [-0.05, 0) is 38.0 Å². The van der Waals surface area contributed by atoms with Gasteiger partial charge in [0.05, 0.1) is 20.2 Å². The molecule has 0 unspecified atom stereocenters. The number of hydrogen-bond donors (Lipinski definition) is 3. The third kappa shape index (κ3) is 8.25. The zero-order chi connectivity index (χ0) is 20.5. The summed E-state index contributed by atoms with van der Waals surface area (Å²) in [6.07, 6.45) is 1.91. The first-order valence-corrected chi connectivity index (χ1v) is 9.76. The molecule has 164 valence electrons. The molecular formula is C20H34IN5O3. The van der Waals surface area contributed by atoms with Crippen molar-refractivity contribution < 1.29 is 14.6 Å². The molecule has 0 spiro atoms. The minimum Gasteiger partial charge on any atom is -0.508 e. The lowest BCUT2D eigenvalue weighted by Crippen LogP contribution is -2.50. The van der Waals surface area contributed by atoms with Crippen molar-refractivity contribution in [1.82, 2.24) is 20.4 Å². The zero-order valence-electron chi connectivity index (χ0n) is 17.8. The highest BCUT2D eigenvalue weighted by molar-refractivity contribution is 14.0. The standard InChI is InChI=1S/C20H33N5O3.HI/c1-5-21-20(22-13-15-12-17(28-4)6-7-18(15)26)23-16-8-10-25(11-9-16)14-19(27)24(2)3;/h6-7,12,16,26H,5,8-11,13-14H2,1-4H3,(H2,21,22,23);1H. The Morgan fingerprint density at radius 1 is 1.34 bits per heavy atom. The zero-order valence-corrected chi connectivity index (χ0v) is 20.1. The number of likely N-dealkylation sites (tertiary alicyclic amines) is 1. The number of guanidine groups is 1. The molecule has 1 amide bonds. The molecule has 9 heteroatoms. The molecule has 29 heavy (non-hydrogen) atoms. The number of benzene rings is 1. The molecule has 8 nitrogen and oxygen atoms in total. The third-order valence-electron chi connectivity index (χ3n) is 4.82.